The third-order valence-corrected chi connectivity index (χ3v) is 5.28. The number of hydrogen-bond acceptors (Lipinski definition) is 3. The Balaban J connectivity index is 4.93. The molecule has 0 bridgehead atoms. The number of rotatable bonds is 14. The Hall–Kier alpha value is -0.270. The quantitative estimate of drug-likeness (QED) is 0.162. The second kappa shape index (κ2) is 12.3. The van der Waals surface area contributed by atoms with Crippen LogP contribution in [-0.4, -0.2) is 31.2 Å². The fourth-order valence-electron chi connectivity index (χ4n) is 2.55. The molecule has 0 aliphatic heterocycles. The standard InChI is InChI=1S/C17H31F6O3P/c1-4-6-8-10-12-14(16(18,19)20)25-27(3,24)26-15(17(21,22)23)13-11-9-7-5-2/h14-15H,4-13H2,1-3H3. The van der Waals surface area contributed by atoms with Gasteiger partial charge in [0.1, 0.15) is 0 Å². The van der Waals surface area contributed by atoms with Crippen LogP contribution in [0, 0.1) is 0 Å². The van der Waals surface area contributed by atoms with Gasteiger partial charge >= 0.3 is 19.9 Å². The molecule has 10 heteroatoms. The fourth-order valence-corrected chi connectivity index (χ4v) is 3.98. The van der Waals surface area contributed by atoms with E-state index in [4.69, 9.17) is 0 Å². The molecular weight excluding hydrogens is 397 g/mol. The van der Waals surface area contributed by atoms with Crippen LogP contribution in [-0.2, 0) is 13.6 Å². The Bertz CT molecular complexity index is 403. The summed E-state index contributed by atoms with van der Waals surface area (Å²) < 4.78 is 99.9. The van der Waals surface area contributed by atoms with E-state index in [-0.39, 0.29) is 12.8 Å². The molecule has 0 aliphatic carbocycles. The molecule has 0 radical (unpaired) electrons. The van der Waals surface area contributed by atoms with Gasteiger partial charge in [0.2, 0.25) is 0 Å². The van der Waals surface area contributed by atoms with Crippen LogP contribution >= 0.6 is 7.60 Å². The predicted octanol–water partition coefficient (Wildman–Crippen LogP) is 7.65. The molecule has 164 valence electrons. The van der Waals surface area contributed by atoms with Crippen LogP contribution in [0.3, 0.4) is 0 Å². The van der Waals surface area contributed by atoms with E-state index in [9.17, 15) is 30.9 Å². The van der Waals surface area contributed by atoms with Gasteiger partial charge in [-0.05, 0) is 12.8 Å². The molecule has 0 heterocycles. The Morgan fingerprint density at radius 1 is 0.704 bits per heavy atom. The first-order valence-corrected chi connectivity index (χ1v) is 11.4. The minimum absolute atomic E-state index is 0.178. The van der Waals surface area contributed by atoms with Crippen molar-refractivity contribution >= 4 is 7.60 Å². The number of halogens is 6. The monoisotopic (exact) mass is 428 g/mol. The van der Waals surface area contributed by atoms with Crippen molar-refractivity contribution in [2.24, 2.45) is 0 Å². The fraction of sp³-hybridized carbons (Fsp3) is 1.00. The van der Waals surface area contributed by atoms with E-state index >= 15 is 0 Å². The summed E-state index contributed by atoms with van der Waals surface area (Å²) in [7, 11) is -4.55. The highest BCUT2D eigenvalue weighted by Gasteiger charge is 2.47. The van der Waals surface area contributed by atoms with Gasteiger partial charge < -0.3 is 0 Å². The zero-order chi connectivity index (χ0) is 21.1. The van der Waals surface area contributed by atoms with Crippen molar-refractivity contribution in [3.05, 3.63) is 0 Å². The van der Waals surface area contributed by atoms with Crippen molar-refractivity contribution in [1.29, 1.82) is 0 Å². The molecule has 0 aromatic rings. The summed E-state index contributed by atoms with van der Waals surface area (Å²) >= 11 is 0. The van der Waals surface area contributed by atoms with Gasteiger partial charge in [0.15, 0.2) is 12.2 Å². The minimum Gasteiger partial charge on any atom is -0.296 e. The van der Waals surface area contributed by atoms with E-state index in [0.29, 0.717) is 19.5 Å². The topological polar surface area (TPSA) is 35.5 Å². The average molecular weight is 428 g/mol. The van der Waals surface area contributed by atoms with Crippen molar-refractivity contribution in [3.63, 3.8) is 0 Å². The van der Waals surface area contributed by atoms with Gasteiger partial charge in [-0.25, -0.2) is 0 Å². The lowest BCUT2D eigenvalue weighted by Crippen LogP contribution is -2.34. The van der Waals surface area contributed by atoms with Crippen molar-refractivity contribution in [3.8, 4) is 0 Å². The molecule has 27 heavy (non-hydrogen) atoms. The van der Waals surface area contributed by atoms with E-state index < -0.39 is 45.0 Å². The summed E-state index contributed by atoms with van der Waals surface area (Å²) in [5.74, 6) is 0. The Labute approximate surface area is 157 Å². The smallest absolute Gasteiger partial charge is 0.296 e. The molecule has 0 saturated carbocycles. The van der Waals surface area contributed by atoms with Crippen LogP contribution < -0.4 is 0 Å². The van der Waals surface area contributed by atoms with E-state index in [2.05, 4.69) is 9.05 Å². The Kier molecular flexibility index (Phi) is 12.2. The Morgan fingerprint density at radius 3 is 1.30 bits per heavy atom. The van der Waals surface area contributed by atoms with Gasteiger partial charge in [-0.1, -0.05) is 65.2 Å². The first kappa shape index (κ1) is 26.7. The molecule has 0 aliphatic rings. The molecular formula is C17H31F6O3P. The molecule has 0 spiro atoms. The second-order valence-electron chi connectivity index (χ2n) is 6.74. The van der Waals surface area contributed by atoms with Crippen LogP contribution in [0.2, 0.25) is 0 Å². The highest BCUT2D eigenvalue weighted by molar-refractivity contribution is 7.53. The maximum absolute atomic E-state index is 13.1. The van der Waals surface area contributed by atoms with E-state index in [1.54, 1.807) is 0 Å². The summed E-state index contributed by atoms with van der Waals surface area (Å²) in [6, 6.07) is 0. The van der Waals surface area contributed by atoms with Crippen molar-refractivity contribution < 1.29 is 40.0 Å². The molecule has 2 unspecified atom stereocenters. The third-order valence-electron chi connectivity index (χ3n) is 4.01. The molecule has 0 rings (SSSR count). The highest BCUT2D eigenvalue weighted by Crippen LogP contribution is 2.52. The molecule has 0 aromatic carbocycles. The van der Waals surface area contributed by atoms with Crippen LogP contribution in [0.5, 0.6) is 0 Å². The van der Waals surface area contributed by atoms with Gasteiger partial charge in [-0.15, -0.1) is 0 Å². The van der Waals surface area contributed by atoms with Crippen LogP contribution in [0.1, 0.15) is 78.1 Å². The molecule has 3 nitrogen and oxygen atoms in total. The normalized spacial score (nSPS) is 17.5. The molecule has 2 atom stereocenters. The van der Waals surface area contributed by atoms with Gasteiger partial charge in [0.05, 0.1) is 0 Å². The lowest BCUT2D eigenvalue weighted by Gasteiger charge is -2.28. The van der Waals surface area contributed by atoms with E-state index in [1.807, 2.05) is 13.8 Å². The van der Waals surface area contributed by atoms with Gasteiger partial charge in [-0.2, -0.15) is 26.3 Å². The molecule has 0 amide bonds. The van der Waals surface area contributed by atoms with Crippen LogP contribution in [0.4, 0.5) is 26.3 Å². The zero-order valence-corrected chi connectivity index (χ0v) is 17.1. The average Bonchev–Trinajstić information content (AvgIpc) is 2.51. The van der Waals surface area contributed by atoms with Crippen molar-refractivity contribution in [1.82, 2.24) is 0 Å². The lowest BCUT2D eigenvalue weighted by atomic mass is 10.1. The van der Waals surface area contributed by atoms with Gasteiger partial charge in [0, 0.05) is 6.66 Å². The summed E-state index contributed by atoms with van der Waals surface area (Å²) in [6.45, 7) is 4.45. The molecule has 0 saturated heterocycles. The highest BCUT2D eigenvalue weighted by atomic mass is 31.2. The first-order chi connectivity index (χ1) is 12.3. The summed E-state index contributed by atoms with van der Waals surface area (Å²) in [5.41, 5.74) is 0. The Morgan fingerprint density at radius 2 is 1.04 bits per heavy atom. The SMILES string of the molecule is CCCCCCC(OP(C)(=O)OC(CCCCCC)C(F)(F)F)C(F)(F)F. The number of alkyl halides is 6. The number of hydrogen-bond donors (Lipinski definition) is 0. The lowest BCUT2D eigenvalue weighted by molar-refractivity contribution is -0.212. The van der Waals surface area contributed by atoms with Crippen molar-refractivity contribution in [2.45, 2.75) is 103 Å². The molecule has 0 aromatic heterocycles. The second-order valence-corrected chi connectivity index (χ2v) is 8.71. The van der Waals surface area contributed by atoms with Gasteiger partial charge in [0.25, 0.3) is 0 Å². The predicted molar refractivity (Wildman–Crippen MR) is 92.9 cm³/mol. The maximum Gasteiger partial charge on any atom is 0.415 e. The maximum atomic E-state index is 13.1. The molecule has 0 fully saturated rings. The summed E-state index contributed by atoms with van der Waals surface area (Å²) in [5, 5.41) is 0. The summed E-state index contributed by atoms with van der Waals surface area (Å²) in [4.78, 5) is 0. The number of unbranched alkanes of at least 4 members (excludes halogenated alkanes) is 6. The third kappa shape index (κ3) is 12.7. The minimum atomic E-state index is -4.82. The van der Waals surface area contributed by atoms with Gasteiger partial charge in [-0.3, -0.25) is 13.6 Å². The van der Waals surface area contributed by atoms with Crippen LogP contribution in [0.15, 0.2) is 0 Å². The zero-order valence-electron chi connectivity index (χ0n) is 16.2. The van der Waals surface area contributed by atoms with E-state index in [1.165, 1.54) is 0 Å². The van der Waals surface area contributed by atoms with E-state index in [0.717, 1.165) is 25.7 Å². The van der Waals surface area contributed by atoms with Crippen LogP contribution in [0.25, 0.3) is 0 Å². The molecule has 0 N–H and O–H groups in total. The summed E-state index contributed by atoms with van der Waals surface area (Å²) in [6.07, 6.45) is -10.8. The van der Waals surface area contributed by atoms with Crippen molar-refractivity contribution in [2.75, 3.05) is 6.66 Å². The largest absolute Gasteiger partial charge is 0.415 e. The first-order valence-electron chi connectivity index (χ1n) is 9.41.